The van der Waals surface area contributed by atoms with E-state index in [4.69, 9.17) is 0 Å². The number of nitrogens with zero attached hydrogens (tertiary/aromatic N) is 6. The molecular formula is C17H15F3N6OS. The van der Waals surface area contributed by atoms with Crippen molar-refractivity contribution >= 4 is 16.3 Å². The van der Waals surface area contributed by atoms with Crippen molar-refractivity contribution in [2.45, 2.75) is 33.2 Å². The zero-order valence-electron chi connectivity index (χ0n) is 14.9. The van der Waals surface area contributed by atoms with Crippen LogP contribution in [0.25, 0.3) is 15.5 Å². The summed E-state index contributed by atoms with van der Waals surface area (Å²) >= 11 is 1.35. The number of hydrogen-bond acceptors (Lipinski definition) is 6. The second-order valence-electron chi connectivity index (χ2n) is 6.03. The number of aromatic nitrogens is 6. The normalized spacial score (nSPS) is 12.0. The van der Waals surface area contributed by atoms with Gasteiger partial charge in [0.2, 0.25) is 4.96 Å². The molecule has 0 bridgehead atoms. The molecule has 0 saturated heterocycles. The van der Waals surface area contributed by atoms with Crippen LogP contribution in [0.4, 0.5) is 13.2 Å². The van der Waals surface area contributed by atoms with Gasteiger partial charge in [-0.25, -0.2) is 0 Å². The number of para-hydroxylation sites is 1. The van der Waals surface area contributed by atoms with Crippen molar-refractivity contribution in [2.24, 2.45) is 0 Å². The highest BCUT2D eigenvalue weighted by atomic mass is 32.1. The maximum absolute atomic E-state index is 12.6. The average molecular weight is 408 g/mol. The molecule has 0 unspecified atom stereocenters. The third-order valence-electron chi connectivity index (χ3n) is 4.10. The molecule has 0 radical (unpaired) electrons. The highest BCUT2D eigenvalue weighted by molar-refractivity contribution is 7.19. The van der Waals surface area contributed by atoms with E-state index in [0.29, 0.717) is 16.3 Å². The lowest BCUT2D eigenvalue weighted by Gasteiger charge is -2.12. The first-order chi connectivity index (χ1) is 13.3. The van der Waals surface area contributed by atoms with Crippen molar-refractivity contribution in [3.63, 3.8) is 0 Å². The summed E-state index contributed by atoms with van der Waals surface area (Å²) in [5.41, 5.74) is 2.08. The largest absolute Gasteiger partial charge is 0.573 e. The first kappa shape index (κ1) is 18.4. The standard InChI is InChI=1S/C17H15F3N6OS/c1-3-25-9-12(10(2)23-25)15-24-26-14(21-22-16(26)28-15)8-11-6-4-5-7-13(11)27-17(18,19)20/h4-7,9H,3,8H2,1-2H3. The molecule has 0 aliphatic carbocycles. The number of benzene rings is 1. The Kier molecular flexibility index (Phi) is 4.53. The predicted octanol–water partition coefficient (Wildman–Crippen LogP) is 3.87. The smallest absolute Gasteiger partial charge is 0.405 e. The Labute approximate surface area is 161 Å². The van der Waals surface area contributed by atoms with Crippen LogP contribution < -0.4 is 4.74 Å². The molecule has 0 atom stereocenters. The second-order valence-corrected chi connectivity index (χ2v) is 6.99. The Hall–Kier alpha value is -2.95. The van der Waals surface area contributed by atoms with Gasteiger partial charge in [0.25, 0.3) is 0 Å². The summed E-state index contributed by atoms with van der Waals surface area (Å²) in [5, 5.41) is 17.9. The lowest BCUT2D eigenvalue weighted by Crippen LogP contribution is -2.18. The van der Waals surface area contributed by atoms with Crippen molar-refractivity contribution in [1.29, 1.82) is 0 Å². The van der Waals surface area contributed by atoms with Gasteiger partial charge in [-0.1, -0.05) is 29.5 Å². The summed E-state index contributed by atoms with van der Waals surface area (Å²) in [4.78, 5) is 0.558. The van der Waals surface area contributed by atoms with E-state index in [0.717, 1.165) is 22.8 Å². The third kappa shape index (κ3) is 3.57. The average Bonchev–Trinajstić information content (AvgIpc) is 3.30. The van der Waals surface area contributed by atoms with Gasteiger partial charge in [0.1, 0.15) is 5.75 Å². The molecule has 1 aromatic carbocycles. The summed E-state index contributed by atoms with van der Waals surface area (Å²) in [6.45, 7) is 4.63. The number of halogens is 3. The molecule has 0 fully saturated rings. The zero-order chi connectivity index (χ0) is 19.9. The molecule has 7 nitrogen and oxygen atoms in total. The molecule has 0 aliphatic rings. The first-order valence-electron chi connectivity index (χ1n) is 8.43. The molecular weight excluding hydrogens is 393 g/mol. The van der Waals surface area contributed by atoms with Gasteiger partial charge < -0.3 is 4.74 Å². The minimum absolute atomic E-state index is 0.101. The van der Waals surface area contributed by atoms with Gasteiger partial charge in [0, 0.05) is 24.7 Å². The van der Waals surface area contributed by atoms with Crippen LogP contribution in [0, 0.1) is 6.92 Å². The number of hydrogen-bond donors (Lipinski definition) is 0. The van der Waals surface area contributed by atoms with Crippen LogP contribution in [0.3, 0.4) is 0 Å². The van der Waals surface area contributed by atoms with Gasteiger partial charge >= 0.3 is 6.36 Å². The Morgan fingerprint density at radius 1 is 1.14 bits per heavy atom. The fourth-order valence-corrected chi connectivity index (χ4v) is 3.73. The lowest BCUT2D eigenvalue weighted by molar-refractivity contribution is -0.274. The van der Waals surface area contributed by atoms with Crippen LogP contribution in [-0.4, -0.2) is 36.0 Å². The van der Waals surface area contributed by atoms with E-state index in [2.05, 4.69) is 25.1 Å². The molecule has 0 saturated carbocycles. The fourth-order valence-electron chi connectivity index (χ4n) is 2.81. The van der Waals surface area contributed by atoms with Crippen molar-refractivity contribution < 1.29 is 17.9 Å². The Bertz CT molecular complexity index is 1130. The molecule has 28 heavy (non-hydrogen) atoms. The predicted molar refractivity (Wildman–Crippen MR) is 96.2 cm³/mol. The van der Waals surface area contributed by atoms with Gasteiger partial charge in [-0.05, 0) is 19.9 Å². The molecule has 3 aromatic heterocycles. The van der Waals surface area contributed by atoms with Crippen LogP contribution in [0.5, 0.6) is 5.75 Å². The monoisotopic (exact) mass is 408 g/mol. The van der Waals surface area contributed by atoms with Crippen LogP contribution in [0.1, 0.15) is 24.0 Å². The van der Waals surface area contributed by atoms with Gasteiger partial charge in [-0.3, -0.25) is 4.68 Å². The van der Waals surface area contributed by atoms with E-state index in [1.807, 2.05) is 24.7 Å². The molecule has 0 amide bonds. The van der Waals surface area contributed by atoms with Gasteiger partial charge in [0.15, 0.2) is 10.8 Å². The Morgan fingerprint density at radius 2 is 1.93 bits per heavy atom. The molecule has 3 heterocycles. The topological polar surface area (TPSA) is 70.1 Å². The summed E-state index contributed by atoms with van der Waals surface area (Å²) in [6, 6.07) is 5.96. The number of fused-ring (bicyclic) bond motifs is 1. The summed E-state index contributed by atoms with van der Waals surface area (Å²) in [7, 11) is 0. The SMILES string of the molecule is CCn1cc(-c2nn3c(Cc4ccccc4OC(F)(F)F)nnc3s2)c(C)n1. The van der Waals surface area contributed by atoms with E-state index >= 15 is 0 Å². The molecule has 4 aromatic rings. The molecule has 146 valence electrons. The van der Waals surface area contributed by atoms with E-state index in [1.54, 1.807) is 16.6 Å². The fraction of sp³-hybridized carbons (Fsp3) is 0.294. The maximum atomic E-state index is 12.6. The van der Waals surface area contributed by atoms with Crippen molar-refractivity contribution in [1.82, 2.24) is 29.6 Å². The summed E-state index contributed by atoms with van der Waals surface area (Å²) < 4.78 is 45.4. The zero-order valence-corrected chi connectivity index (χ0v) is 15.8. The summed E-state index contributed by atoms with van der Waals surface area (Å²) in [6.07, 6.45) is -2.75. The van der Waals surface area contributed by atoms with Gasteiger partial charge in [0.05, 0.1) is 11.3 Å². The first-order valence-corrected chi connectivity index (χ1v) is 9.25. The third-order valence-corrected chi connectivity index (χ3v) is 5.04. The second kappa shape index (κ2) is 6.89. The molecule has 0 aliphatic heterocycles. The highest BCUT2D eigenvalue weighted by Crippen LogP contribution is 2.30. The van der Waals surface area contributed by atoms with Crippen LogP contribution in [-0.2, 0) is 13.0 Å². The van der Waals surface area contributed by atoms with E-state index < -0.39 is 6.36 Å². The number of alkyl halides is 3. The van der Waals surface area contributed by atoms with Crippen molar-refractivity contribution in [3.8, 4) is 16.3 Å². The number of aryl methyl sites for hydroxylation is 2. The number of ether oxygens (including phenoxy) is 1. The maximum Gasteiger partial charge on any atom is 0.573 e. The Balaban J connectivity index is 1.68. The minimum Gasteiger partial charge on any atom is -0.405 e. The van der Waals surface area contributed by atoms with Gasteiger partial charge in [-0.15, -0.1) is 23.4 Å². The van der Waals surface area contributed by atoms with Crippen LogP contribution >= 0.6 is 11.3 Å². The van der Waals surface area contributed by atoms with E-state index in [9.17, 15) is 13.2 Å². The quantitative estimate of drug-likeness (QED) is 0.501. The molecule has 11 heteroatoms. The van der Waals surface area contributed by atoms with Gasteiger partial charge in [-0.2, -0.15) is 14.7 Å². The molecule has 4 rings (SSSR count). The van der Waals surface area contributed by atoms with Crippen molar-refractivity contribution in [2.75, 3.05) is 0 Å². The molecule has 0 spiro atoms. The Morgan fingerprint density at radius 3 is 2.64 bits per heavy atom. The lowest BCUT2D eigenvalue weighted by atomic mass is 10.1. The van der Waals surface area contributed by atoms with Crippen LogP contribution in [0.15, 0.2) is 30.5 Å². The van der Waals surface area contributed by atoms with E-state index in [1.165, 1.54) is 23.5 Å². The molecule has 0 N–H and O–H groups in total. The van der Waals surface area contributed by atoms with Crippen molar-refractivity contribution in [3.05, 3.63) is 47.5 Å². The highest BCUT2D eigenvalue weighted by Gasteiger charge is 2.32. The van der Waals surface area contributed by atoms with E-state index in [-0.39, 0.29) is 12.2 Å². The van der Waals surface area contributed by atoms with Crippen LogP contribution in [0.2, 0.25) is 0 Å². The summed E-state index contributed by atoms with van der Waals surface area (Å²) in [5.74, 6) is 0.165. The minimum atomic E-state index is -4.76. The number of rotatable bonds is 5.